The van der Waals surface area contributed by atoms with Crippen LogP contribution in [0.5, 0.6) is 5.75 Å². The summed E-state index contributed by atoms with van der Waals surface area (Å²) in [7, 11) is -0.0355. The van der Waals surface area contributed by atoms with Crippen LogP contribution in [-0.2, 0) is 15.7 Å². The summed E-state index contributed by atoms with van der Waals surface area (Å²) >= 11 is 6.23. The second-order valence-corrected chi connectivity index (χ2v) is 8.68. The zero-order valence-electron chi connectivity index (χ0n) is 16.6. The Hall–Kier alpha value is -2.72. The van der Waals surface area contributed by atoms with Crippen molar-refractivity contribution >= 4 is 50.8 Å². The summed E-state index contributed by atoms with van der Waals surface area (Å²) in [6, 6.07) is 9.80. The van der Waals surface area contributed by atoms with Crippen molar-refractivity contribution < 1.29 is 23.6 Å². The number of carbonyl (C=O) groups is 1. The van der Waals surface area contributed by atoms with Crippen LogP contribution in [0.25, 0.3) is 10.9 Å². The van der Waals surface area contributed by atoms with Gasteiger partial charge in [0.2, 0.25) is 0 Å². The van der Waals surface area contributed by atoms with Crippen LogP contribution in [0, 0.1) is 0 Å². The largest absolute Gasteiger partial charge is 0.497 e. The summed E-state index contributed by atoms with van der Waals surface area (Å²) in [4.78, 5) is 16.7. The molecule has 1 aromatic heterocycles. The van der Waals surface area contributed by atoms with Crippen molar-refractivity contribution in [3.05, 3.63) is 53.2 Å². The third-order valence-corrected chi connectivity index (χ3v) is 6.66. The Bertz CT molecular complexity index is 1170. The molecule has 1 saturated heterocycles. The number of hydrogen-bond donors (Lipinski definition) is 2. The third kappa shape index (κ3) is 4.49. The van der Waals surface area contributed by atoms with Crippen molar-refractivity contribution in [3.8, 4) is 5.75 Å². The van der Waals surface area contributed by atoms with Gasteiger partial charge in [0, 0.05) is 35.8 Å². The number of ether oxygens (including phenoxy) is 2. The molecular formula is C21H20ClN3O5S. The Balaban J connectivity index is 1.88. The van der Waals surface area contributed by atoms with Crippen molar-refractivity contribution in [2.75, 3.05) is 38.7 Å². The molecule has 2 aromatic carbocycles. The summed E-state index contributed by atoms with van der Waals surface area (Å²) in [5.41, 5.74) is 1.47. The molecule has 0 aliphatic carbocycles. The first-order valence-electron chi connectivity index (χ1n) is 9.49. The lowest BCUT2D eigenvalue weighted by Gasteiger charge is -2.26. The second kappa shape index (κ2) is 9.19. The lowest BCUT2D eigenvalue weighted by molar-refractivity contribution is 0.0698. The number of nitrogens with one attached hydrogen (secondary N) is 1. The van der Waals surface area contributed by atoms with Crippen molar-refractivity contribution in [1.82, 2.24) is 9.29 Å². The molecule has 0 radical (unpaired) electrons. The molecule has 8 nitrogen and oxygen atoms in total. The highest BCUT2D eigenvalue weighted by molar-refractivity contribution is 7.82. The number of carboxylic acid groups (broad SMARTS) is 1. The van der Waals surface area contributed by atoms with E-state index in [1.807, 2.05) is 0 Å². The number of benzene rings is 2. The van der Waals surface area contributed by atoms with E-state index in [4.69, 9.17) is 21.1 Å². The van der Waals surface area contributed by atoms with Crippen molar-refractivity contribution in [1.29, 1.82) is 0 Å². The fourth-order valence-electron chi connectivity index (χ4n) is 3.33. The molecule has 2 N–H and O–H groups in total. The molecule has 0 amide bonds. The van der Waals surface area contributed by atoms with Crippen LogP contribution in [0.15, 0.2) is 47.5 Å². The Morgan fingerprint density at radius 2 is 2.03 bits per heavy atom. The number of aromatic nitrogens is 1. The molecule has 4 rings (SSSR count). The first-order chi connectivity index (χ1) is 15.0. The van der Waals surface area contributed by atoms with Crippen LogP contribution in [0.1, 0.15) is 10.4 Å². The highest BCUT2D eigenvalue weighted by atomic mass is 35.5. The van der Waals surface area contributed by atoms with Gasteiger partial charge in [0.1, 0.15) is 16.7 Å². The number of aromatic carboxylic acids is 1. The van der Waals surface area contributed by atoms with E-state index in [1.165, 1.54) is 13.2 Å². The van der Waals surface area contributed by atoms with Gasteiger partial charge in [-0.3, -0.25) is 4.98 Å². The van der Waals surface area contributed by atoms with E-state index in [2.05, 4.69) is 10.3 Å². The molecule has 1 aliphatic heterocycles. The summed E-state index contributed by atoms with van der Waals surface area (Å²) in [6.45, 7) is 2.00. The molecule has 1 unspecified atom stereocenters. The Morgan fingerprint density at radius 3 is 2.74 bits per heavy atom. The lowest BCUT2D eigenvalue weighted by atomic mass is 10.1. The number of methoxy groups -OCH3 is 1. The molecule has 1 aliphatic rings. The van der Waals surface area contributed by atoms with Gasteiger partial charge in [-0.1, -0.05) is 11.6 Å². The SMILES string of the molecule is COc1ccc(C(=O)O)c(Nc2c(S(=O)N3CCOCC3)cnc3ccc(Cl)cc23)c1. The summed E-state index contributed by atoms with van der Waals surface area (Å²) in [5.74, 6) is -0.614. The zero-order chi connectivity index (χ0) is 22.0. The highest BCUT2D eigenvalue weighted by Gasteiger charge is 2.24. The number of carboxylic acids is 1. The molecule has 0 bridgehead atoms. The molecule has 162 valence electrons. The van der Waals surface area contributed by atoms with E-state index in [-0.39, 0.29) is 5.56 Å². The number of pyridine rings is 1. The van der Waals surface area contributed by atoms with Crippen LogP contribution in [-0.4, -0.2) is 58.0 Å². The molecule has 10 heteroatoms. The molecule has 31 heavy (non-hydrogen) atoms. The molecule has 1 fully saturated rings. The zero-order valence-corrected chi connectivity index (χ0v) is 18.2. The summed E-state index contributed by atoms with van der Waals surface area (Å²) < 4.78 is 25.8. The maximum atomic E-state index is 13.4. The fourth-order valence-corrected chi connectivity index (χ4v) is 4.74. The monoisotopic (exact) mass is 461 g/mol. The predicted octanol–water partition coefficient (Wildman–Crippen LogP) is 3.69. The maximum Gasteiger partial charge on any atom is 0.337 e. The summed E-state index contributed by atoms with van der Waals surface area (Å²) in [6.07, 6.45) is 1.55. The van der Waals surface area contributed by atoms with Gasteiger partial charge >= 0.3 is 5.97 Å². The number of rotatable bonds is 6. The average Bonchev–Trinajstić information content (AvgIpc) is 2.79. The minimum Gasteiger partial charge on any atom is -0.497 e. The Labute approximate surface area is 186 Å². The number of morpholine rings is 1. The Kier molecular flexibility index (Phi) is 6.38. The fraction of sp³-hybridized carbons (Fsp3) is 0.238. The van der Waals surface area contributed by atoms with Gasteiger partial charge in [-0.15, -0.1) is 0 Å². The molecule has 0 spiro atoms. The highest BCUT2D eigenvalue weighted by Crippen LogP contribution is 2.35. The van der Waals surface area contributed by atoms with Gasteiger partial charge in [-0.25, -0.2) is 13.3 Å². The minimum atomic E-state index is -1.54. The molecule has 0 saturated carbocycles. The third-order valence-electron chi connectivity index (χ3n) is 4.90. The van der Waals surface area contributed by atoms with E-state index in [9.17, 15) is 14.1 Å². The Morgan fingerprint density at radius 1 is 1.26 bits per heavy atom. The van der Waals surface area contributed by atoms with Gasteiger partial charge < -0.3 is 19.9 Å². The average molecular weight is 462 g/mol. The van der Waals surface area contributed by atoms with Crippen LogP contribution in [0.3, 0.4) is 0 Å². The standard InChI is InChI=1S/C21H20ClN3O5S/c1-29-14-3-4-15(21(26)27)18(11-14)24-20-16-10-13(22)2-5-17(16)23-12-19(20)31(28)25-6-8-30-9-7-25/h2-5,10-12H,6-9H2,1H3,(H,23,24)(H,26,27). The number of nitrogens with zero attached hydrogens (tertiary/aromatic N) is 2. The summed E-state index contributed by atoms with van der Waals surface area (Å²) in [5, 5.41) is 13.9. The van der Waals surface area contributed by atoms with Gasteiger partial charge in [-0.2, -0.15) is 0 Å². The number of hydrogen-bond acceptors (Lipinski definition) is 6. The van der Waals surface area contributed by atoms with Crippen LogP contribution >= 0.6 is 11.6 Å². The number of fused-ring (bicyclic) bond motifs is 1. The van der Waals surface area contributed by atoms with E-state index in [1.54, 1.807) is 40.8 Å². The predicted molar refractivity (Wildman–Crippen MR) is 119 cm³/mol. The topological polar surface area (TPSA) is 101 Å². The van der Waals surface area contributed by atoms with Gasteiger partial charge in [0.05, 0.1) is 47.7 Å². The van der Waals surface area contributed by atoms with Crippen molar-refractivity contribution in [2.24, 2.45) is 0 Å². The normalized spacial score (nSPS) is 15.5. The molecule has 1 atom stereocenters. The maximum absolute atomic E-state index is 13.4. The lowest BCUT2D eigenvalue weighted by Crippen LogP contribution is -2.37. The van der Waals surface area contributed by atoms with Crippen LogP contribution in [0.2, 0.25) is 5.02 Å². The number of anilines is 2. The van der Waals surface area contributed by atoms with Gasteiger partial charge in [-0.05, 0) is 30.3 Å². The van der Waals surface area contributed by atoms with E-state index in [0.717, 1.165) is 0 Å². The van der Waals surface area contributed by atoms with Crippen LogP contribution in [0.4, 0.5) is 11.4 Å². The smallest absolute Gasteiger partial charge is 0.337 e. The molecule has 3 aromatic rings. The first-order valence-corrected chi connectivity index (χ1v) is 11.0. The van der Waals surface area contributed by atoms with E-state index >= 15 is 0 Å². The van der Waals surface area contributed by atoms with E-state index < -0.39 is 17.0 Å². The minimum absolute atomic E-state index is 0.0518. The first kappa shape index (κ1) is 21.5. The van der Waals surface area contributed by atoms with Gasteiger partial charge in [0.25, 0.3) is 0 Å². The second-order valence-electron chi connectivity index (χ2n) is 6.79. The van der Waals surface area contributed by atoms with Gasteiger partial charge in [0.15, 0.2) is 0 Å². The number of halogens is 1. The van der Waals surface area contributed by atoms with Crippen molar-refractivity contribution in [3.63, 3.8) is 0 Å². The molecular weight excluding hydrogens is 442 g/mol. The quantitative estimate of drug-likeness (QED) is 0.577. The molecule has 2 heterocycles. The van der Waals surface area contributed by atoms with Crippen molar-refractivity contribution in [2.45, 2.75) is 4.90 Å². The van der Waals surface area contributed by atoms with Crippen LogP contribution < -0.4 is 10.1 Å². The van der Waals surface area contributed by atoms with E-state index in [0.29, 0.717) is 64.2 Å².